The van der Waals surface area contributed by atoms with E-state index in [1.807, 2.05) is 52.0 Å². The smallest absolute Gasteiger partial charge is 0.337 e. The van der Waals surface area contributed by atoms with E-state index in [-0.39, 0.29) is 17.2 Å². The first-order valence-electron chi connectivity index (χ1n) is 12.6. The van der Waals surface area contributed by atoms with Gasteiger partial charge in [0.25, 0.3) is 5.56 Å². The van der Waals surface area contributed by atoms with Crippen LogP contribution in [0.5, 0.6) is 23.0 Å². The van der Waals surface area contributed by atoms with E-state index in [1.165, 1.54) is 29.2 Å². The summed E-state index contributed by atoms with van der Waals surface area (Å²) >= 11 is 1.23. The number of nitrogens with zero attached hydrogens (tertiary/aromatic N) is 2. The van der Waals surface area contributed by atoms with Crippen molar-refractivity contribution in [3.05, 3.63) is 79.0 Å². The molecule has 0 fully saturated rings. The predicted octanol–water partition coefficient (Wildman–Crippen LogP) is 3.61. The van der Waals surface area contributed by atoms with Crippen LogP contribution in [-0.4, -0.2) is 44.1 Å². The quantitative estimate of drug-likeness (QED) is 0.355. The Bertz CT molecular complexity index is 1570. The van der Waals surface area contributed by atoms with Gasteiger partial charge in [0, 0.05) is 6.20 Å². The minimum Gasteiger partial charge on any atom is -0.493 e. The molecule has 4 rings (SSSR count). The second-order valence-electron chi connectivity index (χ2n) is 8.83. The van der Waals surface area contributed by atoms with Crippen LogP contribution in [0.2, 0.25) is 0 Å². The third kappa shape index (κ3) is 5.85. The monoisotopic (exact) mass is 552 g/mol. The molecular formula is C29H32N2O7S. The molecule has 1 aliphatic heterocycles. The van der Waals surface area contributed by atoms with Crippen molar-refractivity contribution in [3.63, 3.8) is 0 Å². The third-order valence-corrected chi connectivity index (χ3v) is 6.85. The van der Waals surface area contributed by atoms with Crippen LogP contribution in [0.25, 0.3) is 6.08 Å². The van der Waals surface area contributed by atoms with Crippen LogP contribution >= 0.6 is 11.3 Å². The Morgan fingerprint density at radius 1 is 1.03 bits per heavy atom. The maximum absolute atomic E-state index is 13.8. The summed E-state index contributed by atoms with van der Waals surface area (Å²) in [7, 11) is 2.87. The molecule has 0 amide bonds. The summed E-state index contributed by atoms with van der Waals surface area (Å²) in [6.45, 7) is 8.54. The molecule has 9 nitrogen and oxygen atoms in total. The number of carbonyl (C=O) groups is 1. The standard InChI is InChI=1S/C29H32N2O7S/c1-7-36-21-12-10-19(15-24(21)37-8-2)26-20(28(33)35-6)16-30-29-31(26)27(32)25(39-29)14-18-9-11-22(38-17(3)4)23(13-18)34-5/h9-17,26H,7-8H2,1-6H3/b25-14-/t26-/m0/s1. The number of hydrogen-bond donors (Lipinski definition) is 0. The molecule has 0 N–H and O–H groups in total. The van der Waals surface area contributed by atoms with Gasteiger partial charge in [-0.05, 0) is 69.2 Å². The van der Waals surface area contributed by atoms with Gasteiger partial charge >= 0.3 is 5.97 Å². The van der Waals surface area contributed by atoms with Crippen LogP contribution in [0, 0.1) is 0 Å². The first kappa shape index (κ1) is 28.0. The Morgan fingerprint density at radius 3 is 2.41 bits per heavy atom. The van der Waals surface area contributed by atoms with Crippen LogP contribution < -0.4 is 33.8 Å². The van der Waals surface area contributed by atoms with Crippen molar-refractivity contribution < 1.29 is 28.5 Å². The molecule has 10 heteroatoms. The van der Waals surface area contributed by atoms with Gasteiger partial charge < -0.3 is 23.7 Å². The molecule has 0 saturated carbocycles. The lowest BCUT2D eigenvalue weighted by atomic mass is 9.97. The van der Waals surface area contributed by atoms with E-state index in [1.54, 1.807) is 25.3 Å². The van der Waals surface area contributed by atoms with Gasteiger partial charge in [0.05, 0.1) is 49.7 Å². The molecule has 3 aromatic rings. The van der Waals surface area contributed by atoms with Crippen LogP contribution in [0.4, 0.5) is 0 Å². The number of hydrogen-bond acceptors (Lipinski definition) is 9. The Hall–Kier alpha value is -4.05. The molecule has 0 radical (unpaired) electrons. The van der Waals surface area contributed by atoms with E-state index in [4.69, 9.17) is 23.7 Å². The molecule has 0 unspecified atom stereocenters. The van der Waals surface area contributed by atoms with Crippen molar-refractivity contribution in [3.8, 4) is 23.0 Å². The lowest BCUT2D eigenvalue weighted by molar-refractivity contribution is -0.136. The fourth-order valence-corrected chi connectivity index (χ4v) is 5.23. The maximum atomic E-state index is 13.8. The summed E-state index contributed by atoms with van der Waals surface area (Å²) in [5.41, 5.74) is 1.38. The van der Waals surface area contributed by atoms with Crippen LogP contribution in [0.1, 0.15) is 44.9 Å². The highest BCUT2D eigenvalue weighted by Gasteiger charge is 2.31. The van der Waals surface area contributed by atoms with Gasteiger partial charge in [-0.1, -0.05) is 23.5 Å². The SMILES string of the molecule is CCOc1ccc([C@H]2C(C(=O)OC)=CN=c3s/c(=C\c4ccc(OC(C)C)c(OC)c4)c(=O)n32)cc1OCC. The second-order valence-corrected chi connectivity index (χ2v) is 9.83. The lowest BCUT2D eigenvalue weighted by Crippen LogP contribution is -2.39. The van der Waals surface area contributed by atoms with Crippen LogP contribution in [0.3, 0.4) is 0 Å². The Labute approximate surface area is 230 Å². The van der Waals surface area contributed by atoms with Gasteiger partial charge in [-0.2, -0.15) is 0 Å². The molecule has 1 aliphatic rings. The third-order valence-electron chi connectivity index (χ3n) is 5.86. The molecule has 0 aliphatic carbocycles. The predicted molar refractivity (Wildman–Crippen MR) is 149 cm³/mol. The molecule has 2 heterocycles. The van der Waals surface area contributed by atoms with Crippen LogP contribution in [0.15, 0.2) is 58.0 Å². The number of ether oxygens (including phenoxy) is 5. The Kier molecular flexibility index (Phi) is 8.75. The zero-order valence-electron chi connectivity index (χ0n) is 22.8. The molecule has 2 aromatic carbocycles. The molecule has 0 bridgehead atoms. The van der Waals surface area contributed by atoms with Crippen LogP contribution in [-0.2, 0) is 9.53 Å². The van der Waals surface area contributed by atoms with Crippen molar-refractivity contribution in [2.24, 2.45) is 4.99 Å². The van der Waals surface area contributed by atoms with Gasteiger partial charge in [-0.15, -0.1) is 0 Å². The van der Waals surface area contributed by atoms with E-state index in [0.29, 0.717) is 51.1 Å². The average Bonchev–Trinajstić information content (AvgIpc) is 3.24. The van der Waals surface area contributed by atoms with Crippen molar-refractivity contribution in [1.29, 1.82) is 0 Å². The number of carbonyl (C=O) groups excluding carboxylic acids is 1. The van der Waals surface area contributed by atoms with E-state index >= 15 is 0 Å². The molecular weight excluding hydrogens is 520 g/mol. The first-order valence-corrected chi connectivity index (χ1v) is 13.5. The lowest BCUT2D eigenvalue weighted by Gasteiger charge is -2.23. The molecule has 206 valence electrons. The highest BCUT2D eigenvalue weighted by Crippen LogP contribution is 2.35. The first-order chi connectivity index (χ1) is 18.8. The van der Waals surface area contributed by atoms with Gasteiger partial charge in [-0.25, -0.2) is 9.79 Å². The number of thiazole rings is 1. The fraction of sp³-hybridized carbons (Fsp3) is 0.345. The van der Waals surface area contributed by atoms with Gasteiger partial charge in [0.2, 0.25) is 0 Å². The van der Waals surface area contributed by atoms with E-state index in [0.717, 1.165) is 5.56 Å². The van der Waals surface area contributed by atoms with Crippen molar-refractivity contribution >= 4 is 23.4 Å². The second kappa shape index (κ2) is 12.2. The van der Waals surface area contributed by atoms with Gasteiger partial charge in [0.15, 0.2) is 27.8 Å². The minimum absolute atomic E-state index is 0.0108. The maximum Gasteiger partial charge on any atom is 0.337 e. The zero-order valence-corrected chi connectivity index (χ0v) is 23.7. The number of rotatable bonds is 10. The molecule has 0 saturated heterocycles. The normalized spacial score (nSPS) is 14.8. The van der Waals surface area contributed by atoms with E-state index < -0.39 is 12.0 Å². The highest BCUT2D eigenvalue weighted by molar-refractivity contribution is 7.07. The number of methoxy groups -OCH3 is 2. The Balaban J connectivity index is 1.86. The summed E-state index contributed by atoms with van der Waals surface area (Å²) in [6, 6.07) is 10.1. The number of esters is 1. The molecule has 1 atom stereocenters. The largest absolute Gasteiger partial charge is 0.493 e. The van der Waals surface area contributed by atoms with Crippen molar-refractivity contribution in [1.82, 2.24) is 4.57 Å². The Morgan fingerprint density at radius 2 is 1.74 bits per heavy atom. The highest BCUT2D eigenvalue weighted by atomic mass is 32.1. The summed E-state index contributed by atoms with van der Waals surface area (Å²) in [5.74, 6) is 1.72. The van der Waals surface area contributed by atoms with Gasteiger partial charge in [0.1, 0.15) is 0 Å². The summed E-state index contributed by atoms with van der Waals surface area (Å²) in [6.07, 6.45) is 3.22. The fourth-order valence-electron chi connectivity index (χ4n) is 4.26. The molecule has 39 heavy (non-hydrogen) atoms. The van der Waals surface area contributed by atoms with Crippen molar-refractivity contribution in [2.75, 3.05) is 27.4 Å². The van der Waals surface area contributed by atoms with E-state index in [2.05, 4.69) is 4.99 Å². The summed E-state index contributed by atoms with van der Waals surface area (Å²) < 4.78 is 29.8. The molecule has 1 aromatic heterocycles. The summed E-state index contributed by atoms with van der Waals surface area (Å²) in [5, 5.41) is 0. The summed E-state index contributed by atoms with van der Waals surface area (Å²) in [4.78, 5) is 31.5. The van der Waals surface area contributed by atoms with E-state index in [9.17, 15) is 9.59 Å². The minimum atomic E-state index is -0.762. The number of benzene rings is 2. The number of aromatic nitrogens is 1. The van der Waals surface area contributed by atoms with Crippen molar-refractivity contribution in [2.45, 2.75) is 39.8 Å². The average molecular weight is 553 g/mol. The zero-order chi connectivity index (χ0) is 28.1. The number of fused-ring (bicyclic) bond motifs is 1. The topological polar surface area (TPSA) is 97.6 Å². The molecule has 0 spiro atoms. The van der Waals surface area contributed by atoms with Gasteiger partial charge in [-0.3, -0.25) is 9.36 Å².